The van der Waals surface area contributed by atoms with Crippen LogP contribution >= 0.6 is 15.9 Å². The van der Waals surface area contributed by atoms with Crippen molar-refractivity contribution in [2.75, 3.05) is 50.6 Å². The van der Waals surface area contributed by atoms with Gasteiger partial charge in [0.2, 0.25) is 0 Å². The lowest BCUT2D eigenvalue weighted by molar-refractivity contribution is 0.0591. The van der Waals surface area contributed by atoms with Crippen LogP contribution < -0.4 is 10.2 Å². The number of benzene rings is 2. The maximum Gasteiger partial charge on any atom is 0.339 e. The third-order valence-electron chi connectivity index (χ3n) is 8.71. The van der Waals surface area contributed by atoms with Crippen LogP contribution in [-0.4, -0.2) is 84.2 Å². The van der Waals surface area contributed by atoms with Crippen LogP contribution in [0.4, 0.5) is 29.7 Å². The fraction of sp³-hybridized carbons (Fsp3) is 0.350. The molecule has 292 valence electrons. The molecule has 0 saturated carbocycles. The topological polar surface area (TPSA) is 134 Å². The van der Waals surface area contributed by atoms with Crippen molar-refractivity contribution in [2.45, 2.75) is 50.4 Å². The molecule has 0 radical (unpaired) electrons. The average Bonchev–Trinajstić information content (AvgIpc) is 3.24. The summed E-state index contributed by atoms with van der Waals surface area (Å²) in [5.74, 6) is -1.70. The Hall–Kier alpha value is -5.44. The van der Waals surface area contributed by atoms with E-state index in [0.29, 0.717) is 35.2 Å². The fourth-order valence-corrected chi connectivity index (χ4v) is 6.03. The molecule has 0 atom stereocenters. The molecule has 2 saturated heterocycles. The van der Waals surface area contributed by atoms with Crippen molar-refractivity contribution in [1.29, 1.82) is 0 Å². The average molecular weight is 824 g/mol. The van der Waals surface area contributed by atoms with Gasteiger partial charge in [0.15, 0.2) is 0 Å². The maximum atomic E-state index is 14.4. The van der Waals surface area contributed by atoms with E-state index in [4.69, 9.17) is 0 Å². The van der Waals surface area contributed by atoms with Crippen molar-refractivity contribution in [2.24, 2.45) is 0 Å². The Labute approximate surface area is 328 Å². The van der Waals surface area contributed by atoms with Gasteiger partial charge in [-0.2, -0.15) is 0 Å². The van der Waals surface area contributed by atoms with Crippen molar-refractivity contribution in [3.05, 3.63) is 119 Å². The van der Waals surface area contributed by atoms with Gasteiger partial charge in [0.05, 0.1) is 54.7 Å². The Balaban J connectivity index is 0.000000203. The van der Waals surface area contributed by atoms with E-state index in [1.807, 2.05) is 0 Å². The van der Waals surface area contributed by atoms with Crippen LogP contribution in [0, 0.1) is 11.6 Å². The molecule has 12 nitrogen and oxygen atoms in total. The van der Waals surface area contributed by atoms with Crippen LogP contribution in [0.1, 0.15) is 70.6 Å². The number of alkyl halides is 1. The third kappa shape index (κ3) is 12.8. The van der Waals surface area contributed by atoms with E-state index in [1.165, 1.54) is 50.1 Å². The highest BCUT2D eigenvalue weighted by Crippen LogP contribution is 2.24. The number of hydrogen-bond donors (Lipinski definition) is 1. The summed E-state index contributed by atoms with van der Waals surface area (Å²) in [7, 11) is 2.65. The van der Waals surface area contributed by atoms with E-state index in [9.17, 15) is 28.0 Å². The van der Waals surface area contributed by atoms with E-state index in [2.05, 4.69) is 40.7 Å². The Morgan fingerprint density at radius 1 is 0.691 bits per heavy atom. The molecule has 2 aliphatic heterocycles. The molecule has 15 heteroatoms. The molecule has 1 N–H and O–H groups in total. The van der Waals surface area contributed by atoms with Gasteiger partial charge < -0.3 is 24.6 Å². The molecule has 0 unspecified atom stereocenters. The standard InChI is InChI=1S/C20H22FN3O3.C12H15FN2O.C8H8BrNO2/c1-27-19(25)15-9-10-16(22-13-15)14-24(18-8-4-3-7-17(18)21)20(26)23-11-5-2-6-12-23;13-10-6-2-3-7-11(10)14-12(16)15-8-4-1-5-9-15;1-12-8(11)6-2-3-7(4-9)10-5-6/h3-4,7-10,13H,2,5-6,11-12,14H2,1H3;2-3,6-7H,1,4-5,8-9H2,(H,14,16);2-3,5H,4H2,1H3. The van der Waals surface area contributed by atoms with Gasteiger partial charge in [0, 0.05) is 43.9 Å². The van der Waals surface area contributed by atoms with Crippen molar-refractivity contribution in [3.8, 4) is 0 Å². The molecule has 4 aromatic rings. The highest BCUT2D eigenvalue weighted by Gasteiger charge is 2.26. The number of piperidine rings is 2. The number of rotatable bonds is 7. The lowest BCUT2D eigenvalue weighted by Crippen LogP contribution is -2.45. The first-order valence-corrected chi connectivity index (χ1v) is 19.0. The number of amides is 4. The number of para-hydroxylation sites is 2. The number of methoxy groups -OCH3 is 2. The quantitative estimate of drug-likeness (QED) is 0.146. The number of aromatic nitrogens is 2. The van der Waals surface area contributed by atoms with Crippen molar-refractivity contribution >= 4 is 51.3 Å². The molecule has 4 heterocycles. The molecule has 2 fully saturated rings. The summed E-state index contributed by atoms with van der Waals surface area (Å²) in [5.41, 5.74) is 2.70. The number of nitrogens with zero attached hydrogens (tertiary/aromatic N) is 5. The molecule has 2 aliphatic rings. The SMILES string of the molecule is COC(=O)c1ccc(CBr)nc1.COC(=O)c1ccc(CN(C(=O)N2CCCCC2)c2ccccc2F)nc1.O=C(Nc1ccccc1F)N1CCCCC1. The number of urea groups is 2. The lowest BCUT2D eigenvalue weighted by atomic mass is 10.1. The Bertz CT molecular complexity index is 1860. The van der Waals surface area contributed by atoms with E-state index in [1.54, 1.807) is 70.5 Å². The minimum Gasteiger partial charge on any atom is -0.465 e. The summed E-state index contributed by atoms with van der Waals surface area (Å²) in [5, 5.41) is 3.28. The molecular weight excluding hydrogens is 778 g/mol. The third-order valence-corrected chi connectivity index (χ3v) is 9.28. The minimum atomic E-state index is -0.482. The summed E-state index contributed by atoms with van der Waals surface area (Å²) in [6.45, 7) is 2.97. The molecule has 2 aromatic heterocycles. The number of ether oxygens (including phenoxy) is 2. The predicted molar refractivity (Wildman–Crippen MR) is 208 cm³/mol. The number of carbonyl (C=O) groups excluding carboxylic acids is 4. The highest BCUT2D eigenvalue weighted by atomic mass is 79.9. The zero-order valence-electron chi connectivity index (χ0n) is 30.9. The van der Waals surface area contributed by atoms with Gasteiger partial charge in [-0.15, -0.1) is 0 Å². The zero-order valence-corrected chi connectivity index (χ0v) is 32.5. The van der Waals surface area contributed by atoms with Crippen molar-refractivity contribution < 1.29 is 37.4 Å². The normalized spacial score (nSPS) is 13.5. The molecule has 0 bridgehead atoms. The molecule has 2 aromatic carbocycles. The molecule has 0 aliphatic carbocycles. The largest absolute Gasteiger partial charge is 0.465 e. The molecule has 4 amide bonds. The summed E-state index contributed by atoms with van der Waals surface area (Å²) in [6.07, 6.45) is 9.12. The number of anilines is 2. The molecular formula is C40H45BrF2N6O6. The summed E-state index contributed by atoms with van der Waals surface area (Å²) < 4.78 is 36.9. The Morgan fingerprint density at radius 2 is 1.20 bits per heavy atom. The first-order chi connectivity index (χ1) is 26.6. The number of hydrogen-bond acceptors (Lipinski definition) is 8. The smallest absolute Gasteiger partial charge is 0.339 e. The van der Waals surface area contributed by atoms with E-state index >= 15 is 0 Å². The minimum absolute atomic E-state index is 0.109. The van der Waals surface area contributed by atoms with Crippen LogP contribution in [0.15, 0.2) is 85.2 Å². The van der Waals surface area contributed by atoms with Crippen LogP contribution in [0.2, 0.25) is 0 Å². The molecule has 0 spiro atoms. The van der Waals surface area contributed by atoms with Crippen LogP contribution in [0.5, 0.6) is 0 Å². The summed E-state index contributed by atoms with van der Waals surface area (Å²) in [4.78, 5) is 60.4. The molecule has 6 rings (SSSR count). The number of esters is 2. The number of pyridine rings is 2. The second-order valence-electron chi connectivity index (χ2n) is 12.5. The molecule has 55 heavy (non-hydrogen) atoms. The number of halogens is 3. The Kier molecular flexibility index (Phi) is 17.0. The summed E-state index contributed by atoms with van der Waals surface area (Å²) >= 11 is 3.26. The fourth-order valence-electron chi connectivity index (χ4n) is 5.70. The van der Waals surface area contributed by atoms with Gasteiger partial charge in [-0.05, 0) is 87.1 Å². The monoisotopic (exact) mass is 822 g/mol. The van der Waals surface area contributed by atoms with Gasteiger partial charge in [0.1, 0.15) is 11.6 Å². The second kappa shape index (κ2) is 22.1. The number of nitrogens with one attached hydrogen (secondary N) is 1. The maximum absolute atomic E-state index is 14.4. The Morgan fingerprint density at radius 3 is 1.69 bits per heavy atom. The first-order valence-electron chi connectivity index (χ1n) is 17.9. The van der Waals surface area contributed by atoms with Crippen molar-refractivity contribution in [3.63, 3.8) is 0 Å². The first kappa shape index (κ1) is 42.3. The van der Waals surface area contributed by atoms with Gasteiger partial charge >= 0.3 is 24.0 Å². The van der Waals surface area contributed by atoms with Crippen LogP contribution in [0.25, 0.3) is 0 Å². The van der Waals surface area contributed by atoms with E-state index in [-0.39, 0.29) is 36.0 Å². The zero-order chi connectivity index (χ0) is 39.6. The highest BCUT2D eigenvalue weighted by molar-refractivity contribution is 9.08. The number of likely N-dealkylation sites (tertiary alicyclic amines) is 2. The van der Waals surface area contributed by atoms with Gasteiger partial charge in [-0.25, -0.2) is 28.0 Å². The van der Waals surface area contributed by atoms with Gasteiger partial charge in [0.25, 0.3) is 0 Å². The predicted octanol–water partition coefficient (Wildman–Crippen LogP) is 8.23. The van der Waals surface area contributed by atoms with Crippen molar-refractivity contribution in [1.82, 2.24) is 19.8 Å². The van der Waals surface area contributed by atoms with Gasteiger partial charge in [-0.1, -0.05) is 40.2 Å². The van der Waals surface area contributed by atoms with E-state index in [0.717, 1.165) is 50.9 Å². The van der Waals surface area contributed by atoms with E-state index < -0.39 is 17.6 Å². The lowest BCUT2D eigenvalue weighted by Gasteiger charge is -2.33. The number of carbonyl (C=O) groups is 4. The van der Waals surface area contributed by atoms with Gasteiger partial charge in [-0.3, -0.25) is 14.9 Å². The summed E-state index contributed by atoms with van der Waals surface area (Å²) in [6, 6.07) is 18.7. The van der Waals surface area contributed by atoms with Crippen LogP contribution in [0.3, 0.4) is 0 Å². The van der Waals surface area contributed by atoms with Crippen LogP contribution in [-0.2, 0) is 21.3 Å². The second-order valence-corrected chi connectivity index (χ2v) is 13.1.